The molecule has 0 saturated heterocycles. The van der Waals surface area contributed by atoms with Crippen LogP contribution in [0.15, 0.2) is 29.6 Å². The van der Waals surface area contributed by atoms with Crippen LogP contribution in [0.2, 0.25) is 5.02 Å². The standard InChI is InChI=1S/C14H13ClN4OS/c1-2-3-12(20)16-13-17-14-19(18-13)11(8-21-14)9-4-6-10(15)7-5-9/h4-8H,2-3H2,1H3,(H,16,18,20). The molecular weight excluding hydrogens is 308 g/mol. The van der Waals surface area contributed by atoms with E-state index in [1.54, 1.807) is 4.52 Å². The summed E-state index contributed by atoms with van der Waals surface area (Å²) in [6.07, 6.45) is 1.26. The van der Waals surface area contributed by atoms with Crippen molar-refractivity contribution in [2.75, 3.05) is 5.32 Å². The average Bonchev–Trinajstić information content (AvgIpc) is 3.00. The van der Waals surface area contributed by atoms with Crippen LogP contribution in [-0.2, 0) is 4.79 Å². The molecule has 3 aromatic rings. The van der Waals surface area contributed by atoms with Crippen LogP contribution in [0.4, 0.5) is 5.95 Å². The number of nitrogens with zero attached hydrogens (tertiary/aromatic N) is 3. The smallest absolute Gasteiger partial charge is 0.250 e. The molecule has 3 rings (SSSR count). The highest BCUT2D eigenvalue weighted by Crippen LogP contribution is 2.26. The number of amides is 1. The number of carbonyl (C=O) groups is 1. The van der Waals surface area contributed by atoms with Crippen LogP contribution in [-0.4, -0.2) is 20.5 Å². The lowest BCUT2D eigenvalue weighted by atomic mass is 10.2. The molecule has 0 fully saturated rings. The van der Waals surface area contributed by atoms with Gasteiger partial charge >= 0.3 is 0 Å². The first kappa shape index (κ1) is 14.0. The monoisotopic (exact) mass is 320 g/mol. The second kappa shape index (κ2) is 5.83. The minimum atomic E-state index is -0.0659. The molecule has 7 heteroatoms. The third-order valence-corrected chi connectivity index (χ3v) is 4.02. The van der Waals surface area contributed by atoms with Crippen molar-refractivity contribution in [2.24, 2.45) is 0 Å². The first-order valence-electron chi connectivity index (χ1n) is 6.57. The predicted molar refractivity (Wildman–Crippen MR) is 84.8 cm³/mol. The van der Waals surface area contributed by atoms with Crippen LogP contribution in [0.1, 0.15) is 19.8 Å². The fraction of sp³-hybridized carbons (Fsp3) is 0.214. The minimum Gasteiger partial charge on any atom is -0.293 e. The zero-order valence-corrected chi connectivity index (χ0v) is 12.9. The number of rotatable bonds is 4. The molecule has 0 aliphatic carbocycles. The molecule has 1 amide bonds. The van der Waals surface area contributed by atoms with Crippen molar-refractivity contribution in [3.8, 4) is 11.3 Å². The van der Waals surface area contributed by atoms with Gasteiger partial charge in [0.1, 0.15) is 0 Å². The number of aromatic nitrogens is 3. The highest BCUT2D eigenvalue weighted by atomic mass is 35.5. The molecule has 0 aliphatic heterocycles. The second-order valence-electron chi connectivity index (χ2n) is 4.56. The number of nitrogens with one attached hydrogen (secondary N) is 1. The van der Waals surface area contributed by atoms with E-state index >= 15 is 0 Å². The zero-order chi connectivity index (χ0) is 14.8. The lowest BCUT2D eigenvalue weighted by molar-refractivity contribution is -0.116. The molecule has 0 aliphatic rings. The average molecular weight is 321 g/mol. The number of anilines is 1. The molecule has 0 spiro atoms. The number of halogens is 1. The van der Waals surface area contributed by atoms with Crippen molar-refractivity contribution >= 4 is 39.8 Å². The Bertz CT molecular complexity index is 778. The van der Waals surface area contributed by atoms with Crippen LogP contribution < -0.4 is 5.32 Å². The van der Waals surface area contributed by atoms with Crippen molar-refractivity contribution in [3.05, 3.63) is 34.7 Å². The van der Waals surface area contributed by atoms with Crippen LogP contribution in [0.25, 0.3) is 16.2 Å². The van der Waals surface area contributed by atoms with E-state index in [9.17, 15) is 4.79 Å². The van der Waals surface area contributed by atoms with E-state index < -0.39 is 0 Å². The normalized spacial score (nSPS) is 11.0. The molecule has 0 unspecified atom stereocenters. The van der Waals surface area contributed by atoms with Gasteiger partial charge in [0.25, 0.3) is 0 Å². The Kier molecular flexibility index (Phi) is 3.90. The van der Waals surface area contributed by atoms with Gasteiger partial charge in [-0.1, -0.05) is 30.7 Å². The van der Waals surface area contributed by atoms with Crippen molar-refractivity contribution in [3.63, 3.8) is 0 Å². The van der Waals surface area contributed by atoms with E-state index in [1.165, 1.54) is 11.3 Å². The molecule has 0 atom stereocenters. The van der Waals surface area contributed by atoms with Gasteiger partial charge in [0.2, 0.25) is 16.8 Å². The van der Waals surface area contributed by atoms with Crippen molar-refractivity contribution in [1.29, 1.82) is 0 Å². The minimum absolute atomic E-state index is 0.0659. The first-order valence-corrected chi connectivity index (χ1v) is 7.83. The lowest BCUT2D eigenvalue weighted by Gasteiger charge is -1.99. The summed E-state index contributed by atoms with van der Waals surface area (Å²) in [6.45, 7) is 1.96. The summed E-state index contributed by atoms with van der Waals surface area (Å²) >= 11 is 7.38. The fourth-order valence-corrected chi connectivity index (χ4v) is 2.92. The third kappa shape index (κ3) is 2.91. The van der Waals surface area contributed by atoms with Crippen molar-refractivity contribution < 1.29 is 4.79 Å². The Labute approximate surface area is 130 Å². The van der Waals surface area contributed by atoms with Gasteiger partial charge in [0.05, 0.1) is 5.69 Å². The molecule has 1 aromatic carbocycles. The summed E-state index contributed by atoms with van der Waals surface area (Å²) in [7, 11) is 0. The molecule has 2 heterocycles. The van der Waals surface area contributed by atoms with Crippen LogP contribution >= 0.6 is 22.9 Å². The van der Waals surface area contributed by atoms with E-state index in [0.717, 1.165) is 22.6 Å². The summed E-state index contributed by atoms with van der Waals surface area (Å²) in [6, 6.07) is 7.53. The molecule has 1 N–H and O–H groups in total. The van der Waals surface area contributed by atoms with Crippen molar-refractivity contribution in [1.82, 2.24) is 14.6 Å². The summed E-state index contributed by atoms with van der Waals surface area (Å²) in [4.78, 5) is 16.6. The van der Waals surface area contributed by atoms with Gasteiger partial charge in [-0.15, -0.1) is 16.4 Å². The lowest BCUT2D eigenvalue weighted by Crippen LogP contribution is -2.11. The molecule has 2 aromatic heterocycles. The number of hydrogen-bond acceptors (Lipinski definition) is 4. The molecule has 0 radical (unpaired) electrons. The maximum absolute atomic E-state index is 11.6. The fourth-order valence-electron chi connectivity index (χ4n) is 1.97. The molecular formula is C14H13ClN4OS. The van der Waals surface area contributed by atoms with Crippen LogP contribution in [0.5, 0.6) is 0 Å². The second-order valence-corrected chi connectivity index (χ2v) is 5.83. The van der Waals surface area contributed by atoms with Gasteiger partial charge in [-0.2, -0.15) is 4.98 Å². The molecule has 0 bridgehead atoms. The van der Waals surface area contributed by atoms with E-state index in [4.69, 9.17) is 11.6 Å². The number of benzene rings is 1. The highest BCUT2D eigenvalue weighted by molar-refractivity contribution is 7.15. The molecule has 108 valence electrons. The van der Waals surface area contributed by atoms with Crippen LogP contribution in [0, 0.1) is 0 Å². The molecule has 21 heavy (non-hydrogen) atoms. The third-order valence-electron chi connectivity index (χ3n) is 2.95. The SMILES string of the molecule is CCCC(=O)Nc1nc2scc(-c3ccc(Cl)cc3)n2n1. The summed E-state index contributed by atoms with van der Waals surface area (Å²) in [5, 5.41) is 9.73. The summed E-state index contributed by atoms with van der Waals surface area (Å²) in [5.74, 6) is 0.277. The van der Waals surface area contributed by atoms with Crippen LogP contribution in [0.3, 0.4) is 0 Å². The Balaban J connectivity index is 1.93. The summed E-state index contributed by atoms with van der Waals surface area (Å²) < 4.78 is 1.73. The van der Waals surface area contributed by atoms with Gasteiger partial charge in [0.15, 0.2) is 0 Å². The van der Waals surface area contributed by atoms with Gasteiger partial charge in [-0.25, -0.2) is 4.52 Å². The summed E-state index contributed by atoms with van der Waals surface area (Å²) in [5.41, 5.74) is 1.93. The Hall–Kier alpha value is -1.92. The Morgan fingerprint density at radius 2 is 2.14 bits per heavy atom. The van der Waals surface area contributed by atoms with Gasteiger partial charge in [-0.05, 0) is 18.6 Å². The van der Waals surface area contributed by atoms with Gasteiger partial charge < -0.3 is 0 Å². The topological polar surface area (TPSA) is 59.3 Å². The molecule has 5 nitrogen and oxygen atoms in total. The largest absolute Gasteiger partial charge is 0.293 e. The van der Waals surface area contributed by atoms with Crippen molar-refractivity contribution in [2.45, 2.75) is 19.8 Å². The Morgan fingerprint density at radius 1 is 1.38 bits per heavy atom. The number of hydrogen-bond donors (Lipinski definition) is 1. The zero-order valence-electron chi connectivity index (χ0n) is 11.3. The number of fused-ring (bicyclic) bond motifs is 1. The quantitative estimate of drug-likeness (QED) is 0.794. The first-order chi connectivity index (χ1) is 10.2. The number of carbonyl (C=O) groups excluding carboxylic acids is 1. The Morgan fingerprint density at radius 3 is 2.86 bits per heavy atom. The van der Waals surface area contributed by atoms with E-state index in [-0.39, 0.29) is 5.91 Å². The van der Waals surface area contributed by atoms with Gasteiger partial charge in [-0.3, -0.25) is 10.1 Å². The van der Waals surface area contributed by atoms with E-state index in [2.05, 4.69) is 15.4 Å². The maximum Gasteiger partial charge on any atom is 0.250 e. The van der Waals surface area contributed by atoms with E-state index in [1.807, 2.05) is 36.6 Å². The maximum atomic E-state index is 11.6. The number of thiazole rings is 1. The highest BCUT2D eigenvalue weighted by Gasteiger charge is 2.12. The molecule has 0 saturated carbocycles. The van der Waals surface area contributed by atoms with E-state index in [0.29, 0.717) is 17.4 Å². The predicted octanol–water partition coefficient (Wildman–Crippen LogP) is 3.85. The van der Waals surface area contributed by atoms with Gasteiger partial charge in [0, 0.05) is 22.4 Å².